The molecular formula is C13H13N5O. The molecule has 96 valence electrons. The predicted octanol–water partition coefficient (Wildman–Crippen LogP) is 1.52. The lowest BCUT2D eigenvalue weighted by atomic mass is 10.2. The lowest BCUT2D eigenvalue weighted by Crippen LogP contribution is -2.05. The summed E-state index contributed by atoms with van der Waals surface area (Å²) in [6, 6.07) is 7.43. The largest absolute Gasteiger partial charge is 0.485 e. The van der Waals surface area contributed by atoms with Crippen molar-refractivity contribution in [3.05, 3.63) is 42.6 Å². The van der Waals surface area contributed by atoms with Gasteiger partial charge >= 0.3 is 0 Å². The van der Waals surface area contributed by atoms with E-state index >= 15 is 0 Å². The minimum atomic E-state index is 0.352. The summed E-state index contributed by atoms with van der Waals surface area (Å²) in [7, 11) is 1.83. The van der Waals surface area contributed by atoms with Gasteiger partial charge in [-0.15, -0.1) is 0 Å². The van der Waals surface area contributed by atoms with Crippen LogP contribution in [0, 0.1) is 0 Å². The van der Waals surface area contributed by atoms with Gasteiger partial charge < -0.3 is 10.5 Å². The minimum absolute atomic E-state index is 0.352. The van der Waals surface area contributed by atoms with Crippen LogP contribution < -0.4 is 10.5 Å². The van der Waals surface area contributed by atoms with E-state index in [9.17, 15) is 0 Å². The maximum absolute atomic E-state index is 5.90. The molecular weight excluding hydrogens is 242 g/mol. The van der Waals surface area contributed by atoms with Gasteiger partial charge in [-0.2, -0.15) is 5.10 Å². The van der Waals surface area contributed by atoms with E-state index in [4.69, 9.17) is 10.5 Å². The van der Waals surface area contributed by atoms with Crippen LogP contribution >= 0.6 is 0 Å². The molecule has 0 saturated heterocycles. The van der Waals surface area contributed by atoms with Gasteiger partial charge in [-0.3, -0.25) is 9.67 Å². The molecule has 2 heterocycles. The number of ether oxygens (including phenoxy) is 1. The second-order valence-electron chi connectivity index (χ2n) is 4.14. The van der Waals surface area contributed by atoms with Crippen molar-refractivity contribution in [1.82, 2.24) is 19.7 Å². The molecule has 0 radical (unpaired) electrons. The number of benzene rings is 1. The van der Waals surface area contributed by atoms with Crippen molar-refractivity contribution in [3.8, 4) is 5.75 Å². The van der Waals surface area contributed by atoms with Crippen LogP contribution in [0.1, 0.15) is 5.82 Å². The fourth-order valence-electron chi connectivity index (χ4n) is 1.89. The molecule has 0 unspecified atom stereocenters. The second kappa shape index (κ2) is 4.56. The van der Waals surface area contributed by atoms with Crippen LogP contribution in [0.15, 0.2) is 36.8 Å². The molecule has 0 atom stereocenters. The molecule has 0 saturated carbocycles. The first-order valence-electron chi connectivity index (χ1n) is 5.84. The molecule has 3 rings (SSSR count). The van der Waals surface area contributed by atoms with E-state index in [0.717, 1.165) is 22.5 Å². The number of nitrogens with two attached hydrogens (primary N) is 1. The lowest BCUT2D eigenvalue weighted by Gasteiger charge is -2.09. The van der Waals surface area contributed by atoms with Crippen LogP contribution in [-0.4, -0.2) is 19.7 Å². The summed E-state index contributed by atoms with van der Waals surface area (Å²) < 4.78 is 7.46. The molecule has 0 aliphatic heterocycles. The van der Waals surface area contributed by atoms with Crippen molar-refractivity contribution in [3.63, 3.8) is 0 Å². The smallest absolute Gasteiger partial charge is 0.164 e. The monoisotopic (exact) mass is 255 g/mol. The molecule has 6 nitrogen and oxygen atoms in total. The SMILES string of the molecule is Cn1ncnc1COc1ccc(N)c2ncccc12. The fourth-order valence-corrected chi connectivity index (χ4v) is 1.89. The summed E-state index contributed by atoms with van der Waals surface area (Å²) in [5.74, 6) is 1.49. The van der Waals surface area contributed by atoms with Gasteiger partial charge in [0.05, 0.1) is 11.2 Å². The fraction of sp³-hybridized carbons (Fsp3) is 0.154. The quantitative estimate of drug-likeness (QED) is 0.718. The zero-order chi connectivity index (χ0) is 13.2. The first-order valence-corrected chi connectivity index (χ1v) is 5.84. The molecule has 1 aromatic carbocycles. The highest BCUT2D eigenvalue weighted by Crippen LogP contribution is 2.28. The average Bonchev–Trinajstić information content (AvgIpc) is 2.84. The number of nitrogen functional groups attached to an aromatic ring is 1. The number of aromatic nitrogens is 4. The molecule has 19 heavy (non-hydrogen) atoms. The number of fused-ring (bicyclic) bond motifs is 1. The summed E-state index contributed by atoms with van der Waals surface area (Å²) in [4.78, 5) is 8.38. The Bertz CT molecular complexity index is 722. The third kappa shape index (κ3) is 2.08. The number of anilines is 1. The van der Waals surface area contributed by atoms with Crippen LogP contribution in [0.5, 0.6) is 5.75 Å². The zero-order valence-electron chi connectivity index (χ0n) is 10.4. The van der Waals surface area contributed by atoms with Gasteiger partial charge in [0.25, 0.3) is 0 Å². The van der Waals surface area contributed by atoms with Gasteiger partial charge in [-0.1, -0.05) is 0 Å². The van der Waals surface area contributed by atoms with E-state index in [2.05, 4.69) is 15.1 Å². The number of pyridine rings is 1. The highest BCUT2D eigenvalue weighted by molar-refractivity contribution is 5.93. The number of hydrogen-bond donors (Lipinski definition) is 1. The number of hydrogen-bond acceptors (Lipinski definition) is 5. The summed E-state index contributed by atoms with van der Waals surface area (Å²) in [5.41, 5.74) is 7.28. The summed E-state index contributed by atoms with van der Waals surface area (Å²) in [6.07, 6.45) is 3.21. The Labute approximate surface area is 109 Å². The van der Waals surface area contributed by atoms with Crippen LogP contribution in [0.3, 0.4) is 0 Å². The van der Waals surface area contributed by atoms with E-state index < -0.39 is 0 Å². The van der Waals surface area contributed by atoms with Crippen molar-refractivity contribution < 1.29 is 4.74 Å². The molecule has 0 aliphatic carbocycles. The van der Waals surface area contributed by atoms with Gasteiger partial charge in [0, 0.05) is 18.6 Å². The van der Waals surface area contributed by atoms with Crippen molar-refractivity contribution >= 4 is 16.6 Å². The summed E-state index contributed by atoms with van der Waals surface area (Å²) in [5, 5.41) is 4.89. The molecule has 2 aromatic heterocycles. The highest BCUT2D eigenvalue weighted by Gasteiger charge is 2.07. The molecule has 0 amide bonds. The van der Waals surface area contributed by atoms with Crippen LogP contribution in [0.2, 0.25) is 0 Å². The van der Waals surface area contributed by atoms with E-state index in [0.29, 0.717) is 12.3 Å². The minimum Gasteiger partial charge on any atom is -0.485 e. The van der Waals surface area contributed by atoms with Gasteiger partial charge in [0.1, 0.15) is 18.7 Å². The summed E-state index contributed by atoms with van der Waals surface area (Å²) in [6.45, 7) is 0.352. The Morgan fingerprint density at radius 1 is 1.26 bits per heavy atom. The molecule has 0 spiro atoms. The zero-order valence-corrected chi connectivity index (χ0v) is 10.4. The van der Waals surface area contributed by atoms with E-state index in [1.807, 2.05) is 25.2 Å². The number of nitrogens with zero attached hydrogens (tertiary/aromatic N) is 4. The third-order valence-corrected chi connectivity index (χ3v) is 2.92. The van der Waals surface area contributed by atoms with Gasteiger partial charge in [0.2, 0.25) is 0 Å². The molecule has 3 aromatic rings. The van der Waals surface area contributed by atoms with E-state index in [1.165, 1.54) is 6.33 Å². The maximum atomic E-state index is 5.90. The molecule has 6 heteroatoms. The number of rotatable bonds is 3. The van der Waals surface area contributed by atoms with E-state index in [1.54, 1.807) is 16.9 Å². The van der Waals surface area contributed by atoms with Gasteiger partial charge in [0.15, 0.2) is 5.82 Å². The Hall–Kier alpha value is -2.63. The predicted molar refractivity (Wildman–Crippen MR) is 71.5 cm³/mol. The van der Waals surface area contributed by atoms with Gasteiger partial charge in [-0.25, -0.2) is 4.98 Å². The summed E-state index contributed by atoms with van der Waals surface area (Å²) >= 11 is 0. The first-order chi connectivity index (χ1) is 9.25. The Balaban J connectivity index is 1.93. The number of aryl methyl sites for hydroxylation is 1. The maximum Gasteiger partial charge on any atom is 0.164 e. The second-order valence-corrected chi connectivity index (χ2v) is 4.14. The first kappa shape index (κ1) is 11.5. The van der Waals surface area contributed by atoms with E-state index in [-0.39, 0.29) is 0 Å². The Morgan fingerprint density at radius 2 is 2.16 bits per heavy atom. The Kier molecular flexibility index (Phi) is 2.75. The van der Waals surface area contributed by atoms with Gasteiger partial charge in [-0.05, 0) is 24.3 Å². The van der Waals surface area contributed by atoms with Crippen LogP contribution in [-0.2, 0) is 13.7 Å². The molecule has 0 aliphatic rings. The third-order valence-electron chi connectivity index (χ3n) is 2.92. The topological polar surface area (TPSA) is 78.8 Å². The lowest BCUT2D eigenvalue weighted by molar-refractivity contribution is 0.293. The van der Waals surface area contributed by atoms with Crippen LogP contribution in [0.4, 0.5) is 5.69 Å². The normalized spacial score (nSPS) is 10.8. The average molecular weight is 255 g/mol. The Morgan fingerprint density at radius 3 is 2.95 bits per heavy atom. The van der Waals surface area contributed by atoms with Crippen molar-refractivity contribution in [2.45, 2.75) is 6.61 Å². The molecule has 2 N–H and O–H groups in total. The van der Waals surface area contributed by atoms with Crippen LogP contribution in [0.25, 0.3) is 10.9 Å². The standard InChI is InChI=1S/C13H13N5O/c1-18-12(16-8-17-18)7-19-11-5-4-10(14)13-9(11)3-2-6-15-13/h2-6,8H,7,14H2,1H3. The van der Waals surface area contributed by atoms with Crippen molar-refractivity contribution in [2.24, 2.45) is 7.05 Å². The van der Waals surface area contributed by atoms with Crippen molar-refractivity contribution in [1.29, 1.82) is 0 Å². The van der Waals surface area contributed by atoms with Crippen molar-refractivity contribution in [2.75, 3.05) is 5.73 Å². The molecule has 0 fully saturated rings. The molecule has 0 bridgehead atoms. The highest BCUT2D eigenvalue weighted by atomic mass is 16.5.